The summed E-state index contributed by atoms with van der Waals surface area (Å²) in [7, 11) is 0. The Bertz CT molecular complexity index is 4240. The van der Waals surface area contributed by atoms with Gasteiger partial charge in [0.25, 0.3) is 0 Å². The van der Waals surface area contributed by atoms with Gasteiger partial charge >= 0.3 is 0 Å². The van der Waals surface area contributed by atoms with Crippen LogP contribution in [0, 0.1) is 0 Å². The second-order valence-electron chi connectivity index (χ2n) is 19.9. The third-order valence-electron chi connectivity index (χ3n) is 16.0. The van der Waals surface area contributed by atoms with Gasteiger partial charge < -0.3 is 4.90 Å². The van der Waals surface area contributed by atoms with Crippen LogP contribution in [0.1, 0.15) is 22.3 Å². The fourth-order valence-corrected chi connectivity index (χ4v) is 12.8. The van der Waals surface area contributed by atoms with Gasteiger partial charge in [-0.1, -0.05) is 243 Å². The lowest BCUT2D eigenvalue weighted by Gasteiger charge is -2.34. The summed E-state index contributed by atoms with van der Waals surface area (Å²) in [6.07, 6.45) is 0. The van der Waals surface area contributed by atoms with Crippen LogP contribution in [0.15, 0.2) is 285 Å². The molecule has 0 fully saturated rings. The summed E-state index contributed by atoms with van der Waals surface area (Å²) >= 11 is 0. The van der Waals surface area contributed by atoms with E-state index in [1.807, 2.05) is 0 Å². The molecule has 0 saturated carbocycles. The molecule has 0 unspecified atom stereocenters. The molecule has 0 amide bonds. The number of rotatable bonds is 7. The minimum atomic E-state index is -0.521. The van der Waals surface area contributed by atoms with Gasteiger partial charge in [0.2, 0.25) is 0 Å². The first-order chi connectivity index (χ1) is 36.7. The number of hydrogen-bond donors (Lipinski definition) is 0. The van der Waals surface area contributed by atoms with Gasteiger partial charge in [-0.2, -0.15) is 0 Å². The molecule has 0 atom stereocenters. The molecule has 2 aliphatic rings. The number of benzene rings is 13. The maximum Gasteiger partial charge on any atom is 0.0726 e. The van der Waals surface area contributed by atoms with Gasteiger partial charge in [-0.25, -0.2) is 0 Å². The van der Waals surface area contributed by atoms with E-state index in [2.05, 4.69) is 290 Å². The van der Waals surface area contributed by atoms with Crippen LogP contribution in [-0.2, 0) is 5.41 Å². The summed E-state index contributed by atoms with van der Waals surface area (Å²) in [5.74, 6) is 0. The molecule has 15 rings (SSSR count). The molecular weight excluding hydrogens is 891 g/mol. The van der Waals surface area contributed by atoms with Gasteiger partial charge in [-0.3, -0.25) is 0 Å². The molecule has 0 aromatic heterocycles. The summed E-state index contributed by atoms with van der Waals surface area (Å²) in [6, 6.07) is 106. The van der Waals surface area contributed by atoms with Crippen molar-refractivity contribution in [2.45, 2.75) is 5.41 Å². The first-order valence-electron chi connectivity index (χ1n) is 25.7. The second kappa shape index (κ2) is 16.8. The maximum atomic E-state index is 2.61. The van der Waals surface area contributed by atoms with Crippen molar-refractivity contribution in [3.05, 3.63) is 307 Å². The number of hydrogen-bond acceptors (Lipinski definition) is 1. The van der Waals surface area contributed by atoms with Gasteiger partial charge in [0.15, 0.2) is 0 Å². The first-order valence-corrected chi connectivity index (χ1v) is 25.7. The lowest BCUT2D eigenvalue weighted by atomic mass is 9.70. The Morgan fingerprint density at radius 3 is 1.20 bits per heavy atom. The molecule has 0 radical (unpaired) electrons. The van der Waals surface area contributed by atoms with Crippen molar-refractivity contribution in [1.82, 2.24) is 0 Å². The normalized spacial score (nSPS) is 12.7. The van der Waals surface area contributed by atoms with E-state index in [4.69, 9.17) is 0 Å². The monoisotopic (exact) mass is 937 g/mol. The summed E-state index contributed by atoms with van der Waals surface area (Å²) in [6.45, 7) is 0. The smallest absolute Gasteiger partial charge is 0.0726 e. The highest BCUT2D eigenvalue weighted by atomic mass is 15.1. The Kier molecular flexibility index (Phi) is 9.55. The standard InChI is InChI=1S/C73H47N/c1-4-20-48(21-5-1)51-36-37-53-43-54(39-38-52(53)42-51)71-65-31-12-10-26-59(65)60-27-11-13-32-66(60)72(71)74(58-45-55(49-22-6-2-7-23-49)44-56(46-58)50-24-8-3-9-25-50)57-40-41-64-63-30-16-19-35-69(63)73(70(64)47-57)67-33-17-14-28-61(67)62-29-15-18-34-68(62)73/h1-47H. The zero-order valence-electron chi connectivity index (χ0n) is 40.6. The van der Waals surface area contributed by atoms with Crippen molar-refractivity contribution in [2.24, 2.45) is 0 Å². The fraction of sp³-hybridized carbons (Fsp3) is 0.0137. The Morgan fingerprint density at radius 1 is 0.230 bits per heavy atom. The van der Waals surface area contributed by atoms with Crippen molar-refractivity contribution in [2.75, 3.05) is 4.90 Å². The SMILES string of the molecule is c1ccc(-c2cc(-c3ccccc3)cc(N(c3ccc4c(c3)C3(c5ccccc5-c5ccccc53)c3ccccc3-4)c3c(-c4ccc5cc(-c6ccccc6)ccc5c4)c4ccccc4c4ccccc34)c2)cc1. The van der Waals surface area contributed by atoms with Crippen LogP contribution in [0.25, 0.3) is 99.1 Å². The van der Waals surface area contributed by atoms with Gasteiger partial charge in [-0.15, -0.1) is 0 Å². The van der Waals surface area contributed by atoms with E-state index in [-0.39, 0.29) is 0 Å². The van der Waals surface area contributed by atoms with E-state index in [9.17, 15) is 0 Å². The average Bonchev–Trinajstić information content (AvgIpc) is 4.03. The summed E-state index contributed by atoms with van der Waals surface area (Å²) in [4.78, 5) is 2.61. The summed E-state index contributed by atoms with van der Waals surface area (Å²) < 4.78 is 0. The van der Waals surface area contributed by atoms with Crippen LogP contribution in [0.2, 0.25) is 0 Å². The number of nitrogens with zero attached hydrogens (tertiary/aromatic N) is 1. The molecule has 74 heavy (non-hydrogen) atoms. The van der Waals surface area contributed by atoms with Crippen molar-refractivity contribution < 1.29 is 0 Å². The van der Waals surface area contributed by atoms with Crippen LogP contribution >= 0.6 is 0 Å². The van der Waals surface area contributed by atoms with Crippen LogP contribution in [0.3, 0.4) is 0 Å². The molecule has 2 aliphatic carbocycles. The largest absolute Gasteiger partial charge is 0.309 e. The molecule has 0 bridgehead atoms. The van der Waals surface area contributed by atoms with Gasteiger partial charge in [0.05, 0.1) is 11.1 Å². The van der Waals surface area contributed by atoms with Crippen molar-refractivity contribution in [1.29, 1.82) is 0 Å². The molecule has 0 N–H and O–H groups in total. The highest BCUT2D eigenvalue weighted by Gasteiger charge is 2.51. The molecule has 1 nitrogen and oxygen atoms in total. The van der Waals surface area contributed by atoms with E-state index < -0.39 is 5.41 Å². The Hall–Kier alpha value is -9.56. The van der Waals surface area contributed by atoms with Crippen LogP contribution < -0.4 is 4.90 Å². The molecule has 344 valence electrons. The summed E-state index contributed by atoms with van der Waals surface area (Å²) in [5.41, 5.74) is 22.7. The van der Waals surface area contributed by atoms with Crippen LogP contribution in [0.5, 0.6) is 0 Å². The first kappa shape index (κ1) is 42.2. The Balaban J connectivity index is 1.07. The Morgan fingerprint density at radius 2 is 0.649 bits per heavy atom. The zero-order chi connectivity index (χ0) is 48.7. The minimum absolute atomic E-state index is 0.521. The lowest BCUT2D eigenvalue weighted by molar-refractivity contribution is 0.793. The Labute approximate surface area is 431 Å². The molecule has 0 saturated heterocycles. The predicted octanol–water partition coefficient (Wildman–Crippen LogP) is 19.6. The highest BCUT2D eigenvalue weighted by Crippen LogP contribution is 2.64. The number of fused-ring (bicyclic) bond motifs is 14. The third kappa shape index (κ3) is 6.36. The van der Waals surface area contributed by atoms with Crippen LogP contribution in [-0.4, -0.2) is 0 Å². The van der Waals surface area contributed by atoms with Crippen molar-refractivity contribution in [3.63, 3.8) is 0 Å². The topological polar surface area (TPSA) is 3.24 Å². The maximum absolute atomic E-state index is 2.61. The van der Waals surface area contributed by atoms with E-state index in [0.29, 0.717) is 0 Å². The van der Waals surface area contributed by atoms with Crippen molar-refractivity contribution in [3.8, 4) is 66.8 Å². The molecule has 13 aromatic carbocycles. The van der Waals surface area contributed by atoms with Gasteiger partial charge in [-0.05, 0) is 153 Å². The number of anilines is 3. The van der Waals surface area contributed by atoms with E-state index in [1.54, 1.807) is 0 Å². The molecule has 13 aromatic rings. The summed E-state index contributed by atoms with van der Waals surface area (Å²) in [5, 5.41) is 7.24. The molecule has 0 aliphatic heterocycles. The predicted molar refractivity (Wildman–Crippen MR) is 312 cm³/mol. The van der Waals surface area contributed by atoms with Gasteiger partial charge in [0, 0.05) is 22.3 Å². The van der Waals surface area contributed by atoms with Crippen molar-refractivity contribution >= 4 is 49.4 Å². The molecular formula is C73H47N. The van der Waals surface area contributed by atoms with E-state index in [0.717, 1.165) is 33.8 Å². The van der Waals surface area contributed by atoms with E-state index >= 15 is 0 Å². The quantitative estimate of drug-likeness (QED) is 0.144. The van der Waals surface area contributed by atoms with E-state index in [1.165, 1.54) is 105 Å². The lowest BCUT2D eigenvalue weighted by Crippen LogP contribution is -2.26. The third-order valence-corrected chi connectivity index (χ3v) is 16.0. The van der Waals surface area contributed by atoms with Crippen LogP contribution in [0.4, 0.5) is 17.1 Å². The molecule has 0 heterocycles. The highest BCUT2D eigenvalue weighted by molar-refractivity contribution is 6.23. The van der Waals surface area contributed by atoms with Gasteiger partial charge in [0.1, 0.15) is 0 Å². The second-order valence-corrected chi connectivity index (χ2v) is 19.9. The minimum Gasteiger partial charge on any atom is -0.309 e. The molecule has 1 heteroatoms. The fourth-order valence-electron chi connectivity index (χ4n) is 12.8. The zero-order valence-corrected chi connectivity index (χ0v) is 40.6. The average molecular weight is 938 g/mol. The molecule has 1 spiro atoms.